The van der Waals surface area contributed by atoms with Gasteiger partial charge >= 0.3 is 5.97 Å². The lowest BCUT2D eigenvalue weighted by Gasteiger charge is -2.00. The van der Waals surface area contributed by atoms with E-state index >= 15 is 0 Å². The van der Waals surface area contributed by atoms with Gasteiger partial charge in [0.15, 0.2) is 0 Å². The van der Waals surface area contributed by atoms with Gasteiger partial charge in [0, 0.05) is 6.08 Å². The first-order valence-electron chi connectivity index (χ1n) is 4.85. The van der Waals surface area contributed by atoms with Crippen LogP contribution in [0.5, 0.6) is 0 Å². The van der Waals surface area contributed by atoms with Crippen LogP contribution in [-0.4, -0.2) is 21.0 Å². The van der Waals surface area contributed by atoms with Gasteiger partial charge in [-0.15, -0.1) is 5.10 Å². The van der Waals surface area contributed by atoms with Gasteiger partial charge in [-0.2, -0.15) is 5.90 Å². The number of hydrogen-bond acceptors (Lipinski definition) is 5. The maximum absolute atomic E-state index is 10.8. The summed E-state index contributed by atoms with van der Waals surface area (Å²) >= 11 is 0. The fraction of sp³-hybridized carbons (Fsp3) is 0. The summed E-state index contributed by atoms with van der Waals surface area (Å²) in [4.78, 5) is 14.8. The Labute approximate surface area is 97.3 Å². The summed E-state index contributed by atoms with van der Waals surface area (Å²) in [5.74, 6) is 4.11. The molecule has 0 spiro atoms. The molecule has 0 radical (unpaired) electrons. The molecule has 86 valence electrons. The molecule has 0 atom stereocenters. The third-order valence-corrected chi connectivity index (χ3v) is 2.11. The molecule has 0 aliphatic heterocycles. The fourth-order valence-electron chi connectivity index (χ4n) is 1.29. The molecule has 6 nitrogen and oxygen atoms in total. The van der Waals surface area contributed by atoms with E-state index in [0.29, 0.717) is 0 Å². The van der Waals surface area contributed by atoms with Crippen molar-refractivity contribution in [3.05, 3.63) is 48.3 Å². The van der Waals surface area contributed by atoms with Gasteiger partial charge < -0.3 is 4.84 Å². The Bertz CT molecular complexity index is 517. The number of hydrogen-bond donors (Lipinski definition) is 1. The predicted octanol–water partition coefficient (Wildman–Crippen LogP) is 0.697. The lowest BCUT2D eigenvalue weighted by atomic mass is 10.2. The van der Waals surface area contributed by atoms with Crippen LogP contribution in [0.4, 0.5) is 0 Å². The molecule has 1 heterocycles. The van der Waals surface area contributed by atoms with Gasteiger partial charge in [0.2, 0.25) is 0 Å². The minimum absolute atomic E-state index is 0.592. The molecule has 6 heteroatoms. The first-order chi connectivity index (χ1) is 8.29. The minimum atomic E-state index is -0.592. The molecule has 0 unspecified atom stereocenters. The van der Waals surface area contributed by atoms with E-state index in [9.17, 15) is 4.79 Å². The maximum Gasteiger partial charge on any atom is 0.349 e. The molecule has 0 saturated carbocycles. The zero-order valence-corrected chi connectivity index (χ0v) is 8.85. The molecule has 0 amide bonds. The van der Waals surface area contributed by atoms with Gasteiger partial charge in [0.25, 0.3) is 0 Å². The smallest absolute Gasteiger partial charge is 0.349 e. The lowest BCUT2D eigenvalue weighted by molar-refractivity contribution is -0.138. The van der Waals surface area contributed by atoms with E-state index in [0.717, 1.165) is 11.3 Å². The SMILES string of the molecule is NOC(=O)C=Cc1ccc(-n2ccnn2)cc1. The second-order valence-corrected chi connectivity index (χ2v) is 3.21. The highest BCUT2D eigenvalue weighted by Gasteiger charge is 1.96. The number of carbonyl (C=O) groups excluding carboxylic acids is 1. The van der Waals surface area contributed by atoms with E-state index in [1.807, 2.05) is 24.3 Å². The molecule has 0 aliphatic rings. The van der Waals surface area contributed by atoms with Crippen LogP contribution in [-0.2, 0) is 9.63 Å². The molecular weight excluding hydrogens is 220 g/mol. The standard InChI is InChI=1S/C11H10N4O2/c12-17-11(16)6-3-9-1-4-10(5-2-9)15-8-7-13-14-15/h1-8H,12H2. The molecule has 2 rings (SSSR count). The summed E-state index contributed by atoms with van der Waals surface area (Å²) in [6.45, 7) is 0. The first kappa shape index (κ1) is 11.0. The number of aromatic nitrogens is 3. The quantitative estimate of drug-likeness (QED) is 0.619. The Balaban J connectivity index is 2.14. The highest BCUT2D eigenvalue weighted by molar-refractivity contribution is 5.86. The number of rotatable bonds is 3. The Morgan fingerprint density at radius 2 is 2.12 bits per heavy atom. The van der Waals surface area contributed by atoms with Crippen LogP contribution in [0.15, 0.2) is 42.7 Å². The maximum atomic E-state index is 10.8. The lowest BCUT2D eigenvalue weighted by Crippen LogP contribution is -2.05. The Morgan fingerprint density at radius 3 is 2.71 bits per heavy atom. The van der Waals surface area contributed by atoms with Crippen molar-refractivity contribution in [3.8, 4) is 5.69 Å². The van der Waals surface area contributed by atoms with Gasteiger partial charge in [0.05, 0.1) is 18.1 Å². The molecule has 1 aromatic carbocycles. The number of benzene rings is 1. The van der Waals surface area contributed by atoms with Crippen molar-refractivity contribution >= 4 is 12.0 Å². The first-order valence-corrected chi connectivity index (χ1v) is 4.85. The summed E-state index contributed by atoms with van der Waals surface area (Å²) in [7, 11) is 0. The topological polar surface area (TPSA) is 83.0 Å². The average Bonchev–Trinajstić information content (AvgIpc) is 2.90. The van der Waals surface area contributed by atoms with Crippen LogP contribution in [0, 0.1) is 0 Å². The van der Waals surface area contributed by atoms with Crippen LogP contribution in [0.3, 0.4) is 0 Å². The molecule has 2 N–H and O–H groups in total. The predicted molar refractivity (Wildman–Crippen MR) is 60.7 cm³/mol. The zero-order chi connectivity index (χ0) is 12.1. The zero-order valence-electron chi connectivity index (χ0n) is 8.85. The molecular formula is C11H10N4O2. The third kappa shape index (κ3) is 2.76. The highest BCUT2D eigenvalue weighted by atomic mass is 16.7. The second kappa shape index (κ2) is 5.04. The Kier molecular flexibility index (Phi) is 3.27. The molecule has 0 fully saturated rings. The second-order valence-electron chi connectivity index (χ2n) is 3.21. The summed E-state index contributed by atoms with van der Waals surface area (Å²) in [5, 5.41) is 7.58. The number of nitrogens with zero attached hydrogens (tertiary/aromatic N) is 3. The van der Waals surface area contributed by atoms with Crippen LogP contribution in [0.2, 0.25) is 0 Å². The summed E-state index contributed by atoms with van der Waals surface area (Å²) in [5.41, 5.74) is 1.75. The van der Waals surface area contributed by atoms with Gasteiger partial charge in [-0.05, 0) is 23.8 Å². The van der Waals surface area contributed by atoms with Crippen LogP contribution >= 0.6 is 0 Å². The van der Waals surface area contributed by atoms with E-state index in [-0.39, 0.29) is 0 Å². The van der Waals surface area contributed by atoms with E-state index in [1.165, 1.54) is 6.08 Å². The van der Waals surface area contributed by atoms with Crippen molar-refractivity contribution in [2.45, 2.75) is 0 Å². The molecule has 0 bridgehead atoms. The van der Waals surface area contributed by atoms with E-state index in [2.05, 4.69) is 15.1 Å². The van der Waals surface area contributed by atoms with Crippen LogP contribution in [0.25, 0.3) is 11.8 Å². The molecule has 0 saturated heterocycles. The van der Waals surface area contributed by atoms with Gasteiger partial charge in [0.1, 0.15) is 0 Å². The van der Waals surface area contributed by atoms with Crippen LogP contribution in [0.1, 0.15) is 5.56 Å². The molecule has 2 aromatic rings. The van der Waals surface area contributed by atoms with Crippen molar-refractivity contribution < 1.29 is 9.63 Å². The molecule has 17 heavy (non-hydrogen) atoms. The van der Waals surface area contributed by atoms with Gasteiger partial charge in [-0.25, -0.2) is 9.48 Å². The van der Waals surface area contributed by atoms with Crippen molar-refractivity contribution in [2.75, 3.05) is 0 Å². The van der Waals surface area contributed by atoms with Gasteiger partial charge in [-0.3, -0.25) is 0 Å². The normalized spacial score (nSPS) is 10.6. The molecule has 1 aromatic heterocycles. The van der Waals surface area contributed by atoms with Crippen molar-refractivity contribution in [1.29, 1.82) is 0 Å². The van der Waals surface area contributed by atoms with E-state index in [4.69, 9.17) is 5.90 Å². The van der Waals surface area contributed by atoms with Crippen molar-refractivity contribution in [2.24, 2.45) is 5.90 Å². The number of carbonyl (C=O) groups is 1. The van der Waals surface area contributed by atoms with Gasteiger partial charge in [-0.1, -0.05) is 17.3 Å². The largest absolute Gasteiger partial charge is 0.370 e. The monoisotopic (exact) mass is 230 g/mol. The summed E-state index contributed by atoms with van der Waals surface area (Å²) < 4.78 is 1.64. The third-order valence-electron chi connectivity index (χ3n) is 2.11. The highest BCUT2D eigenvalue weighted by Crippen LogP contribution is 2.09. The molecule has 0 aliphatic carbocycles. The van der Waals surface area contributed by atoms with Crippen molar-refractivity contribution in [3.63, 3.8) is 0 Å². The Morgan fingerprint density at radius 1 is 1.35 bits per heavy atom. The average molecular weight is 230 g/mol. The van der Waals surface area contributed by atoms with Crippen LogP contribution < -0.4 is 5.90 Å². The van der Waals surface area contributed by atoms with Crippen molar-refractivity contribution in [1.82, 2.24) is 15.0 Å². The summed E-state index contributed by atoms with van der Waals surface area (Å²) in [6.07, 6.45) is 6.21. The summed E-state index contributed by atoms with van der Waals surface area (Å²) in [6, 6.07) is 7.42. The minimum Gasteiger partial charge on any atom is -0.370 e. The van der Waals surface area contributed by atoms with E-state index < -0.39 is 5.97 Å². The Hall–Kier alpha value is -2.47. The number of nitrogens with two attached hydrogens (primary N) is 1. The fourth-order valence-corrected chi connectivity index (χ4v) is 1.29. The van der Waals surface area contributed by atoms with E-state index in [1.54, 1.807) is 23.2 Å².